The van der Waals surface area contributed by atoms with Crippen LogP contribution in [0.3, 0.4) is 0 Å². The molecule has 0 saturated heterocycles. The van der Waals surface area contributed by atoms with Crippen LogP contribution in [0.2, 0.25) is 5.02 Å². The van der Waals surface area contributed by atoms with Crippen LogP contribution in [-0.4, -0.2) is 31.2 Å². The Kier molecular flexibility index (Phi) is 6.64. The van der Waals surface area contributed by atoms with E-state index >= 15 is 0 Å². The van der Waals surface area contributed by atoms with Crippen molar-refractivity contribution in [2.75, 3.05) is 11.9 Å². The standard InChI is InChI=1S/C19H22ClFN6S/c1-13-9-14(2)27(24-13)8-4-7-22-19(28)23-18-17(20)12-26(25-18)11-15-5-3-6-16(21)10-15/h3,5-6,9-10,12H,4,7-8,11H2,1-2H3,(H2,22,23,25,28). The lowest BCUT2D eigenvalue weighted by atomic mass is 10.2. The molecule has 2 N–H and O–H groups in total. The lowest BCUT2D eigenvalue weighted by Gasteiger charge is -2.09. The largest absolute Gasteiger partial charge is 0.362 e. The molecule has 3 rings (SSSR count). The predicted octanol–water partition coefficient (Wildman–Crippen LogP) is 3.91. The van der Waals surface area contributed by atoms with Crippen LogP contribution in [0.5, 0.6) is 0 Å². The first-order valence-electron chi connectivity index (χ1n) is 8.94. The Morgan fingerprint density at radius 1 is 1.25 bits per heavy atom. The molecule has 3 aromatic rings. The maximum absolute atomic E-state index is 13.3. The summed E-state index contributed by atoms with van der Waals surface area (Å²) in [5.74, 6) is 0.189. The molecule has 0 aliphatic rings. The number of aryl methyl sites for hydroxylation is 3. The Morgan fingerprint density at radius 2 is 2.07 bits per heavy atom. The molecule has 9 heteroatoms. The highest BCUT2D eigenvalue weighted by atomic mass is 35.5. The highest BCUT2D eigenvalue weighted by Crippen LogP contribution is 2.20. The van der Waals surface area contributed by atoms with Crippen molar-refractivity contribution in [2.45, 2.75) is 33.4 Å². The summed E-state index contributed by atoms with van der Waals surface area (Å²) in [5, 5.41) is 15.9. The Labute approximate surface area is 173 Å². The molecule has 0 spiro atoms. The van der Waals surface area contributed by atoms with Crippen molar-refractivity contribution in [3.63, 3.8) is 0 Å². The van der Waals surface area contributed by atoms with Crippen LogP contribution in [0.15, 0.2) is 36.5 Å². The number of thiocarbonyl (C=S) groups is 1. The van der Waals surface area contributed by atoms with E-state index in [4.69, 9.17) is 23.8 Å². The average Bonchev–Trinajstić information content (AvgIpc) is 3.12. The summed E-state index contributed by atoms with van der Waals surface area (Å²) in [4.78, 5) is 0. The molecule has 0 amide bonds. The van der Waals surface area contributed by atoms with E-state index in [0.29, 0.717) is 29.0 Å². The van der Waals surface area contributed by atoms with Crippen LogP contribution < -0.4 is 10.6 Å². The van der Waals surface area contributed by atoms with Gasteiger partial charge in [0.1, 0.15) is 10.8 Å². The van der Waals surface area contributed by atoms with Gasteiger partial charge in [0.25, 0.3) is 0 Å². The second-order valence-electron chi connectivity index (χ2n) is 6.54. The smallest absolute Gasteiger partial charge is 0.173 e. The van der Waals surface area contributed by atoms with E-state index in [1.807, 2.05) is 24.6 Å². The van der Waals surface area contributed by atoms with Crippen molar-refractivity contribution in [1.82, 2.24) is 24.9 Å². The van der Waals surface area contributed by atoms with Gasteiger partial charge in [-0.25, -0.2) is 4.39 Å². The Morgan fingerprint density at radius 3 is 2.79 bits per heavy atom. The van der Waals surface area contributed by atoms with E-state index < -0.39 is 0 Å². The number of nitrogens with zero attached hydrogens (tertiary/aromatic N) is 4. The van der Waals surface area contributed by atoms with E-state index in [1.54, 1.807) is 16.9 Å². The summed E-state index contributed by atoms with van der Waals surface area (Å²) in [6, 6.07) is 8.44. The Bertz CT molecular complexity index is 967. The molecule has 2 aromatic heterocycles. The molecule has 0 aliphatic heterocycles. The van der Waals surface area contributed by atoms with E-state index in [-0.39, 0.29) is 5.82 Å². The van der Waals surface area contributed by atoms with Crippen molar-refractivity contribution < 1.29 is 4.39 Å². The van der Waals surface area contributed by atoms with Gasteiger partial charge in [0.05, 0.1) is 12.2 Å². The number of aromatic nitrogens is 4. The summed E-state index contributed by atoms with van der Waals surface area (Å²) >= 11 is 11.5. The molecule has 0 atom stereocenters. The van der Waals surface area contributed by atoms with Gasteiger partial charge in [-0.2, -0.15) is 10.2 Å². The first-order valence-corrected chi connectivity index (χ1v) is 9.72. The maximum Gasteiger partial charge on any atom is 0.173 e. The summed E-state index contributed by atoms with van der Waals surface area (Å²) < 4.78 is 16.9. The second kappa shape index (κ2) is 9.16. The zero-order valence-corrected chi connectivity index (χ0v) is 17.3. The van der Waals surface area contributed by atoms with Crippen LogP contribution in [-0.2, 0) is 13.1 Å². The highest BCUT2D eigenvalue weighted by molar-refractivity contribution is 7.80. The fraction of sp³-hybridized carbons (Fsp3) is 0.316. The fourth-order valence-corrected chi connectivity index (χ4v) is 3.27. The molecule has 6 nitrogen and oxygen atoms in total. The Hall–Kier alpha value is -2.45. The quantitative estimate of drug-likeness (QED) is 0.448. The van der Waals surface area contributed by atoms with Gasteiger partial charge in [0.2, 0.25) is 0 Å². The van der Waals surface area contributed by atoms with Gasteiger partial charge in [-0.1, -0.05) is 23.7 Å². The number of rotatable bonds is 7. The third-order valence-electron chi connectivity index (χ3n) is 4.12. The first kappa shape index (κ1) is 20.3. The summed E-state index contributed by atoms with van der Waals surface area (Å²) in [6.45, 7) is 5.96. The SMILES string of the molecule is Cc1cc(C)n(CCCNC(=S)Nc2nn(Cc3cccc(F)c3)cc2Cl)n1. The molecule has 0 aliphatic carbocycles. The number of hydrogen-bond acceptors (Lipinski definition) is 3. The normalized spacial score (nSPS) is 10.9. The molecule has 28 heavy (non-hydrogen) atoms. The van der Waals surface area contributed by atoms with Crippen molar-refractivity contribution >= 4 is 34.7 Å². The van der Waals surface area contributed by atoms with Crippen molar-refractivity contribution in [2.24, 2.45) is 0 Å². The van der Waals surface area contributed by atoms with Crippen LogP contribution >= 0.6 is 23.8 Å². The summed E-state index contributed by atoms with van der Waals surface area (Å²) in [5.41, 5.74) is 2.97. The van der Waals surface area contributed by atoms with E-state index in [2.05, 4.69) is 26.9 Å². The minimum atomic E-state index is -0.278. The number of benzene rings is 1. The third-order valence-corrected chi connectivity index (χ3v) is 4.64. The number of halogens is 2. The van der Waals surface area contributed by atoms with Gasteiger partial charge in [0, 0.05) is 25.0 Å². The van der Waals surface area contributed by atoms with Crippen molar-refractivity contribution in [1.29, 1.82) is 0 Å². The molecule has 0 unspecified atom stereocenters. The lowest BCUT2D eigenvalue weighted by molar-refractivity contribution is 0.558. The molecular formula is C19H22ClFN6S. The monoisotopic (exact) mass is 420 g/mol. The fourth-order valence-electron chi connectivity index (χ4n) is 2.87. The van der Waals surface area contributed by atoms with Gasteiger partial charge in [-0.3, -0.25) is 9.36 Å². The average molecular weight is 421 g/mol. The molecule has 2 heterocycles. The first-order chi connectivity index (χ1) is 13.4. The van der Waals surface area contributed by atoms with Gasteiger partial charge in [-0.05, 0) is 56.2 Å². The molecule has 0 radical (unpaired) electrons. The van der Waals surface area contributed by atoms with E-state index in [9.17, 15) is 4.39 Å². The molecule has 0 fully saturated rings. The molecular weight excluding hydrogens is 399 g/mol. The minimum absolute atomic E-state index is 0.278. The third kappa shape index (κ3) is 5.53. The maximum atomic E-state index is 13.3. The zero-order chi connectivity index (χ0) is 20.1. The topological polar surface area (TPSA) is 59.7 Å². The van der Waals surface area contributed by atoms with E-state index in [0.717, 1.165) is 29.9 Å². The minimum Gasteiger partial charge on any atom is -0.362 e. The highest BCUT2D eigenvalue weighted by Gasteiger charge is 2.09. The lowest BCUT2D eigenvalue weighted by Crippen LogP contribution is -2.30. The van der Waals surface area contributed by atoms with Crippen LogP contribution in [0.1, 0.15) is 23.4 Å². The van der Waals surface area contributed by atoms with Crippen molar-refractivity contribution in [3.05, 3.63) is 64.3 Å². The van der Waals surface area contributed by atoms with E-state index in [1.165, 1.54) is 12.1 Å². The molecule has 1 aromatic carbocycles. The zero-order valence-electron chi connectivity index (χ0n) is 15.7. The summed E-state index contributed by atoms with van der Waals surface area (Å²) in [7, 11) is 0. The van der Waals surface area contributed by atoms with Crippen LogP contribution in [0, 0.1) is 19.7 Å². The summed E-state index contributed by atoms with van der Waals surface area (Å²) in [6.07, 6.45) is 2.56. The van der Waals surface area contributed by atoms with Crippen LogP contribution in [0.25, 0.3) is 0 Å². The Balaban J connectivity index is 1.47. The van der Waals surface area contributed by atoms with Crippen LogP contribution in [0.4, 0.5) is 10.2 Å². The number of nitrogens with one attached hydrogen (secondary N) is 2. The van der Waals surface area contributed by atoms with Gasteiger partial charge >= 0.3 is 0 Å². The van der Waals surface area contributed by atoms with Gasteiger partial charge in [0.15, 0.2) is 10.9 Å². The predicted molar refractivity (Wildman–Crippen MR) is 113 cm³/mol. The van der Waals surface area contributed by atoms with Crippen molar-refractivity contribution in [3.8, 4) is 0 Å². The second-order valence-corrected chi connectivity index (χ2v) is 7.35. The van der Waals surface area contributed by atoms with Gasteiger partial charge in [-0.15, -0.1) is 0 Å². The molecule has 0 bridgehead atoms. The van der Waals surface area contributed by atoms with Gasteiger partial charge < -0.3 is 10.6 Å². The molecule has 0 saturated carbocycles. The molecule has 148 valence electrons. The number of hydrogen-bond donors (Lipinski definition) is 2. The number of anilines is 1.